The van der Waals surface area contributed by atoms with Crippen molar-refractivity contribution in [1.82, 2.24) is 0 Å². The molecule has 2 aromatic rings. The van der Waals surface area contributed by atoms with E-state index in [4.69, 9.17) is 16.6 Å². The number of aryl methyl sites for hydroxylation is 3. The molecule has 0 spiro atoms. The number of hydrogen-bond donors (Lipinski definition) is 0. The first-order valence-electron chi connectivity index (χ1n) is 6.48. The second-order valence-electron chi connectivity index (χ2n) is 4.95. The minimum Gasteiger partial charge on any atom is -0.251 e. The van der Waals surface area contributed by atoms with Gasteiger partial charge in [-0.3, -0.25) is 4.99 Å². The molecule has 0 radical (unpaired) electrons. The van der Waals surface area contributed by atoms with Crippen LogP contribution in [0.1, 0.15) is 22.3 Å². The number of rotatable bonds is 3. The van der Waals surface area contributed by atoms with E-state index in [-0.39, 0.29) is 0 Å². The summed E-state index contributed by atoms with van der Waals surface area (Å²) < 4.78 is 0.867. The van der Waals surface area contributed by atoms with E-state index in [0.717, 1.165) is 26.4 Å². The molecule has 2 aromatic carbocycles. The first-order chi connectivity index (χ1) is 9.51. The Balaban J connectivity index is 2.49. The maximum absolute atomic E-state index is 5.95. The molecule has 0 aliphatic heterocycles. The highest BCUT2D eigenvalue weighted by Gasteiger charge is 2.07. The van der Waals surface area contributed by atoms with Crippen LogP contribution < -0.4 is 0 Å². The highest BCUT2D eigenvalue weighted by Crippen LogP contribution is 2.26. The smallest absolute Gasteiger partial charge is 0.0692 e. The zero-order valence-electron chi connectivity index (χ0n) is 11.9. The summed E-state index contributed by atoms with van der Waals surface area (Å²) in [6.45, 7) is 6.35. The second-order valence-corrected chi connectivity index (χ2v) is 6.15. The SMILES string of the molecule is Cc1cc(C)c(N=C(CI)c2ccc(Cl)cc2)c(C)c1. The van der Waals surface area contributed by atoms with Crippen LogP contribution in [0.3, 0.4) is 0 Å². The van der Waals surface area contributed by atoms with Gasteiger partial charge in [-0.2, -0.15) is 0 Å². The molecule has 0 heterocycles. The van der Waals surface area contributed by atoms with Gasteiger partial charge in [-0.15, -0.1) is 0 Å². The Morgan fingerprint density at radius 2 is 1.60 bits per heavy atom. The van der Waals surface area contributed by atoms with Crippen molar-refractivity contribution in [1.29, 1.82) is 0 Å². The summed E-state index contributed by atoms with van der Waals surface area (Å²) in [5.74, 6) is 0. The summed E-state index contributed by atoms with van der Waals surface area (Å²) in [5, 5.41) is 0.754. The maximum Gasteiger partial charge on any atom is 0.0692 e. The van der Waals surface area contributed by atoms with Gasteiger partial charge in [0.1, 0.15) is 0 Å². The third-order valence-electron chi connectivity index (χ3n) is 3.19. The van der Waals surface area contributed by atoms with Crippen LogP contribution in [-0.4, -0.2) is 10.1 Å². The normalized spacial score (nSPS) is 11.8. The fourth-order valence-electron chi connectivity index (χ4n) is 2.30. The third-order valence-corrected chi connectivity index (χ3v) is 4.16. The Hall–Kier alpha value is -0.870. The van der Waals surface area contributed by atoms with Crippen LogP contribution in [0.4, 0.5) is 5.69 Å². The molecule has 2 rings (SSSR count). The maximum atomic E-state index is 5.95. The standard InChI is InChI=1S/C17H17ClIN/c1-11-8-12(2)17(13(3)9-11)20-16(10-19)14-4-6-15(18)7-5-14/h4-9H,10H2,1-3H3. The molecule has 0 atom stereocenters. The van der Waals surface area contributed by atoms with Gasteiger partial charge in [0, 0.05) is 9.45 Å². The highest BCUT2D eigenvalue weighted by molar-refractivity contribution is 14.1. The molecule has 0 aliphatic carbocycles. The van der Waals surface area contributed by atoms with Gasteiger partial charge in [-0.1, -0.05) is 64.0 Å². The molecule has 0 N–H and O–H groups in total. The fourth-order valence-corrected chi connectivity index (χ4v) is 3.03. The quantitative estimate of drug-likeness (QED) is 0.351. The van der Waals surface area contributed by atoms with E-state index in [1.807, 2.05) is 24.3 Å². The van der Waals surface area contributed by atoms with Crippen molar-refractivity contribution in [2.24, 2.45) is 4.99 Å². The molecule has 0 bridgehead atoms. The van der Waals surface area contributed by atoms with Crippen molar-refractivity contribution in [2.45, 2.75) is 20.8 Å². The average Bonchev–Trinajstić information content (AvgIpc) is 2.39. The Bertz CT molecular complexity index is 622. The van der Waals surface area contributed by atoms with Gasteiger partial charge in [0.15, 0.2) is 0 Å². The number of halogens is 2. The predicted molar refractivity (Wildman–Crippen MR) is 97.2 cm³/mol. The van der Waals surface area contributed by atoms with Crippen LogP contribution in [0.5, 0.6) is 0 Å². The van der Waals surface area contributed by atoms with Gasteiger partial charge in [-0.25, -0.2) is 0 Å². The average molecular weight is 398 g/mol. The van der Waals surface area contributed by atoms with E-state index in [1.165, 1.54) is 16.7 Å². The first kappa shape index (κ1) is 15.5. The van der Waals surface area contributed by atoms with Crippen molar-refractivity contribution < 1.29 is 0 Å². The molecule has 0 saturated heterocycles. The molecule has 3 heteroatoms. The van der Waals surface area contributed by atoms with E-state index >= 15 is 0 Å². The Labute approximate surface area is 139 Å². The van der Waals surface area contributed by atoms with Crippen molar-refractivity contribution >= 4 is 45.6 Å². The molecule has 0 unspecified atom stereocenters. The van der Waals surface area contributed by atoms with Crippen LogP contribution in [0.15, 0.2) is 41.4 Å². The Morgan fingerprint density at radius 3 is 2.10 bits per heavy atom. The van der Waals surface area contributed by atoms with Crippen molar-refractivity contribution in [3.8, 4) is 0 Å². The summed E-state index contributed by atoms with van der Waals surface area (Å²) >= 11 is 8.30. The number of nitrogens with zero attached hydrogens (tertiary/aromatic N) is 1. The third kappa shape index (κ3) is 3.61. The topological polar surface area (TPSA) is 12.4 Å². The van der Waals surface area contributed by atoms with Crippen molar-refractivity contribution in [3.63, 3.8) is 0 Å². The van der Waals surface area contributed by atoms with Crippen LogP contribution in [0.2, 0.25) is 5.02 Å². The first-order valence-corrected chi connectivity index (χ1v) is 8.39. The largest absolute Gasteiger partial charge is 0.251 e. The molecule has 1 nitrogen and oxygen atoms in total. The zero-order chi connectivity index (χ0) is 14.7. The summed E-state index contributed by atoms with van der Waals surface area (Å²) in [6.07, 6.45) is 0. The molecule has 0 saturated carbocycles. The molecule has 0 amide bonds. The lowest BCUT2D eigenvalue weighted by molar-refractivity contribution is 1.28. The number of aliphatic imine (C=N–C) groups is 1. The molecule has 0 fully saturated rings. The summed E-state index contributed by atoms with van der Waals surface area (Å²) in [7, 11) is 0. The minimum absolute atomic E-state index is 0.754. The molecule has 0 aromatic heterocycles. The lowest BCUT2D eigenvalue weighted by Crippen LogP contribution is -2.02. The second kappa shape index (κ2) is 6.72. The molecular weight excluding hydrogens is 381 g/mol. The molecular formula is C17H17ClIN. The van der Waals surface area contributed by atoms with Crippen LogP contribution >= 0.6 is 34.2 Å². The summed E-state index contributed by atoms with van der Waals surface area (Å²) in [4.78, 5) is 4.88. The van der Waals surface area contributed by atoms with Crippen molar-refractivity contribution in [2.75, 3.05) is 4.43 Å². The molecule has 0 aliphatic rings. The Morgan fingerprint density at radius 1 is 1.05 bits per heavy atom. The lowest BCUT2D eigenvalue weighted by Gasteiger charge is -2.10. The van der Waals surface area contributed by atoms with Gasteiger partial charge in [0.2, 0.25) is 0 Å². The van der Waals surface area contributed by atoms with Crippen LogP contribution in [0.25, 0.3) is 0 Å². The predicted octanol–water partition coefficient (Wildman–Crippen LogP) is 5.82. The van der Waals surface area contributed by atoms with E-state index in [1.54, 1.807) is 0 Å². The highest BCUT2D eigenvalue weighted by atomic mass is 127. The van der Waals surface area contributed by atoms with E-state index in [9.17, 15) is 0 Å². The van der Waals surface area contributed by atoms with Gasteiger partial charge in [-0.05, 0) is 49.6 Å². The van der Waals surface area contributed by atoms with Gasteiger partial charge < -0.3 is 0 Å². The Kier molecular flexibility index (Phi) is 5.22. The van der Waals surface area contributed by atoms with Gasteiger partial charge >= 0.3 is 0 Å². The summed E-state index contributed by atoms with van der Waals surface area (Å²) in [5.41, 5.74) is 7.01. The van der Waals surface area contributed by atoms with Crippen molar-refractivity contribution in [3.05, 3.63) is 63.7 Å². The fraction of sp³-hybridized carbons (Fsp3) is 0.235. The van der Waals surface area contributed by atoms with Crippen LogP contribution in [-0.2, 0) is 0 Å². The van der Waals surface area contributed by atoms with E-state index < -0.39 is 0 Å². The minimum atomic E-state index is 0.754. The zero-order valence-corrected chi connectivity index (χ0v) is 14.8. The summed E-state index contributed by atoms with van der Waals surface area (Å²) in [6, 6.07) is 12.2. The van der Waals surface area contributed by atoms with Crippen LogP contribution in [0, 0.1) is 20.8 Å². The number of alkyl halides is 1. The molecule has 104 valence electrons. The van der Waals surface area contributed by atoms with E-state index in [0.29, 0.717) is 0 Å². The molecule has 20 heavy (non-hydrogen) atoms. The lowest BCUT2D eigenvalue weighted by atomic mass is 10.0. The van der Waals surface area contributed by atoms with E-state index in [2.05, 4.69) is 55.5 Å². The van der Waals surface area contributed by atoms with Gasteiger partial charge in [0.05, 0.1) is 11.4 Å². The number of hydrogen-bond acceptors (Lipinski definition) is 1. The number of benzene rings is 2. The monoisotopic (exact) mass is 397 g/mol. The van der Waals surface area contributed by atoms with Gasteiger partial charge in [0.25, 0.3) is 0 Å².